The number of aryl methyl sites for hydroxylation is 1. The first kappa shape index (κ1) is 14.0. The molecule has 0 bridgehead atoms. The van der Waals surface area contributed by atoms with Crippen molar-refractivity contribution in [3.63, 3.8) is 0 Å². The molecule has 4 heteroatoms. The number of aliphatic hydroxyl groups excluding tert-OH is 1. The van der Waals surface area contributed by atoms with Crippen molar-refractivity contribution in [3.05, 3.63) is 21.9 Å². The summed E-state index contributed by atoms with van der Waals surface area (Å²) in [7, 11) is 0. The minimum absolute atomic E-state index is 0.293. The van der Waals surface area contributed by atoms with Crippen LogP contribution in [0.2, 0.25) is 0 Å². The Morgan fingerprint density at radius 2 is 2.28 bits per heavy atom. The first-order chi connectivity index (χ1) is 8.65. The molecule has 0 aliphatic heterocycles. The lowest BCUT2D eigenvalue weighted by atomic mass is 10.2. The molecule has 0 amide bonds. The van der Waals surface area contributed by atoms with E-state index in [1.165, 1.54) is 22.6 Å². The van der Waals surface area contributed by atoms with E-state index in [4.69, 9.17) is 4.74 Å². The van der Waals surface area contributed by atoms with Crippen LogP contribution >= 0.6 is 11.3 Å². The number of rotatable bonds is 8. The molecule has 0 spiro atoms. The fourth-order valence-electron chi connectivity index (χ4n) is 1.81. The second-order valence-electron chi connectivity index (χ2n) is 5.21. The monoisotopic (exact) mass is 269 g/mol. The van der Waals surface area contributed by atoms with Crippen molar-refractivity contribution in [2.75, 3.05) is 19.8 Å². The van der Waals surface area contributed by atoms with Gasteiger partial charge in [0.25, 0.3) is 0 Å². The summed E-state index contributed by atoms with van der Waals surface area (Å²) in [6, 6.07) is 4.57. The molecule has 1 saturated carbocycles. The summed E-state index contributed by atoms with van der Waals surface area (Å²) in [6.45, 7) is 6.09. The predicted molar refractivity (Wildman–Crippen MR) is 75.0 cm³/mol. The van der Waals surface area contributed by atoms with E-state index in [-0.39, 0.29) is 0 Å². The van der Waals surface area contributed by atoms with Crippen LogP contribution in [0.5, 0.6) is 0 Å². The Kier molecular flexibility index (Phi) is 5.18. The minimum atomic E-state index is -0.410. The van der Waals surface area contributed by atoms with Crippen molar-refractivity contribution >= 4 is 11.3 Å². The van der Waals surface area contributed by atoms with Crippen LogP contribution in [-0.2, 0) is 4.74 Å². The Bertz CT molecular complexity index is 362. The van der Waals surface area contributed by atoms with Crippen molar-refractivity contribution in [3.8, 4) is 0 Å². The quantitative estimate of drug-likeness (QED) is 0.762. The fourth-order valence-corrected chi connectivity index (χ4v) is 2.72. The van der Waals surface area contributed by atoms with Gasteiger partial charge in [-0.05, 0) is 44.7 Å². The second-order valence-corrected chi connectivity index (χ2v) is 6.53. The summed E-state index contributed by atoms with van der Waals surface area (Å²) in [4.78, 5) is 2.64. The third-order valence-corrected chi connectivity index (χ3v) is 4.39. The molecule has 3 nitrogen and oxygen atoms in total. The van der Waals surface area contributed by atoms with Gasteiger partial charge in [0.05, 0.1) is 12.7 Å². The zero-order valence-corrected chi connectivity index (χ0v) is 12.0. The van der Waals surface area contributed by atoms with Crippen molar-refractivity contribution in [2.24, 2.45) is 5.92 Å². The average Bonchev–Trinajstić information content (AvgIpc) is 3.06. The molecule has 2 N–H and O–H groups in total. The zero-order valence-electron chi connectivity index (χ0n) is 11.2. The molecule has 2 atom stereocenters. The molecule has 2 rings (SSSR count). The molecular weight excluding hydrogens is 246 g/mol. The van der Waals surface area contributed by atoms with Crippen LogP contribution in [0.4, 0.5) is 0 Å². The molecule has 1 aliphatic rings. The van der Waals surface area contributed by atoms with E-state index in [1.54, 1.807) is 11.3 Å². The van der Waals surface area contributed by atoms with Gasteiger partial charge in [-0.2, -0.15) is 0 Å². The zero-order chi connectivity index (χ0) is 13.0. The maximum atomic E-state index is 9.80. The highest BCUT2D eigenvalue weighted by atomic mass is 32.1. The first-order valence-corrected chi connectivity index (χ1v) is 7.52. The Morgan fingerprint density at radius 3 is 2.89 bits per heavy atom. The Morgan fingerprint density at radius 1 is 1.50 bits per heavy atom. The Balaban J connectivity index is 1.60. The number of ether oxygens (including phenoxy) is 1. The lowest BCUT2D eigenvalue weighted by Crippen LogP contribution is -2.32. The summed E-state index contributed by atoms with van der Waals surface area (Å²) in [6.07, 6.45) is 2.18. The van der Waals surface area contributed by atoms with Gasteiger partial charge in [-0.15, -0.1) is 11.3 Å². The van der Waals surface area contributed by atoms with Gasteiger partial charge in [0, 0.05) is 28.9 Å². The summed E-state index contributed by atoms with van der Waals surface area (Å²) < 4.78 is 5.47. The third-order valence-electron chi connectivity index (χ3n) is 3.21. The molecule has 18 heavy (non-hydrogen) atoms. The van der Waals surface area contributed by atoms with E-state index in [2.05, 4.69) is 31.3 Å². The lowest BCUT2D eigenvalue weighted by molar-refractivity contribution is 0.0315. The highest BCUT2D eigenvalue weighted by Crippen LogP contribution is 2.28. The van der Waals surface area contributed by atoms with E-state index >= 15 is 0 Å². The molecule has 1 aromatic heterocycles. The van der Waals surface area contributed by atoms with Gasteiger partial charge in [-0.25, -0.2) is 0 Å². The van der Waals surface area contributed by atoms with Gasteiger partial charge in [0.2, 0.25) is 0 Å². The predicted octanol–water partition coefficient (Wildman–Crippen LogP) is 2.49. The maximum Gasteiger partial charge on any atom is 0.0897 e. The van der Waals surface area contributed by atoms with Gasteiger partial charge >= 0.3 is 0 Å². The summed E-state index contributed by atoms with van der Waals surface area (Å²) in [5.41, 5.74) is 0. The summed E-state index contributed by atoms with van der Waals surface area (Å²) >= 11 is 1.80. The Labute approximate surface area is 113 Å². The number of thiophene rings is 1. The molecular formula is C14H23NO2S. The molecule has 0 aromatic carbocycles. The van der Waals surface area contributed by atoms with Crippen molar-refractivity contribution < 1.29 is 9.84 Å². The van der Waals surface area contributed by atoms with E-state index in [9.17, 15) is 5.11 Å². The second kappa shape index (κ2) is 6.66. The van der Waals surface area contributed by atoms with E-state index in [0.717, 1.165) is 12.5 Å². The molecule has 1 fully saturated rings. The lowest BCUT2D eigenvalue weighted by Gasteiger charge is -2.16. The largest absolute Gasteiger partial charge is 0.389 e. The molecule has 1 aromatic rings. The number of hydrogen-bond donors (Lipinski definition) is 2. The van der Waals surface area contributed by atoms with Crippen LogP contribution in [0.15, 0.2) is 12.1 Å². The Hall–Kier alpha value is -0.420. The van der Waals surface area contributed by atoms with Crippen LogP contribution < -0.4 is 5.32 Å². The highest BCUT2D eigenvalue weighted by Gasteiger charge is 2.21. The SMILES string of the molecule is Cc1ccc(C(C)NCC(O)COCC2CC2)s1. The van der Waals surface area contributed by atoms with Crippen molar-refractivity contribution in [2.45, 2.75) is 38.8 Å². The van der Waals surface area contributed by atoms with Crippen LogP contribution in [-0.4, -0.2) is 31.0 Å². The molecule has 1 aliphatic carbocycles. The summed E-state index contributed by atoms with van der Waals surface area (Å²) in [5.74, 6) is 0.762. The van der Waals surface area contributed by atoms with Gasteiger partial charge in [-0.3, -0.25) is 0 Å². The average molecular weight is 269 g/mol. The van der Waals surface area contributed by atoms with Gasteiger partial charge < -0.3 is 15.2 Å². The van der Waals surface area contributed by atoms with Crippen LogP contribution in [0.1, 0.15) is 35.6 Å². The maximum absolute atomic E-state index is 9.80. The van der Waals surface area contributed by atoms with Crippen LogP contribution in [0, 0.1) is 12.8 Å². The van der Waals surface area contributed by atoms with Crippen molar-refractivity contribution in [1.82, 2.24) is 5.32 Å². The number of aliphatic hydroxyl groups is 1. The standard InChI is InChI=1S/C14H23NO2S/c1-10-3-6-14(18-10)11(2)15-7-13(16)9-17-8-12-4-5-12/h3,6,11-13,15-16H,4-5,7-9H2,1-2H3. The molecule has 2 unspecified atom stereocenters. The van der Waals surface area contributed by atoms with E-state index in [1.807, 2.05) is 0 Å². The van der Waals surface area contributed by atoms with Crippen LogP contribution in [0.3, 0.4) is 0 Å². The molecule has 1 heterocycles. The van der Waals surface area contributed by atoms with E-state index in [0.29, 0.717) is 19.2 Å². The summed E-state index contributed by atoms with van der Waals surface area (Å²) in [5, 5.41) is 13.1. The highest BCUT2D eigenvalue weighted by molar-refractivity contribution is 7.12. The van der Waals surface area contributed by atoms with E-state index < -0.39 is 6.10 Å². The number of hydrogen-bond acceptors (Lipinski definition) is 4. The minimum Gasteiger partial charge on any atom is -0.389 e. The normalized spacial score (nSPS) is 18.8. The van der Waals surface area contributed by atoms with Crippen LogP contribution in [0.25, 0.3) is 0 Å². The first-order valence-electron chi connectivity index (χ1n) is 6.70. The third kappa shape index (κ3) is 4.69. The fraction of sp³-hybridized carbons (Fsp3) is 0.714. The molecule has 0 radical (unpaired) electrons. The van der Waals surface area contributed by atoms with Crippen molar-refractivity contribution in [1.29, 1.82) is 0 Å². The molecule has 0 saturated heterocycles. The van der Waals surface area contributed by atoms with Gasteiger partial charge in [-0.1, -0.05) is 0 Å². The topological polar surface area (TPSA) is 41.5 Å². The molecule has 102 valence electrons. The van der Waals surface area contributed by atoms with Gasteiger partial charge in [0.1, 0.15) is 0 Å². The smallest absolute Gasteiger partial charge is 0.0897 e. The van der Waals surface area contributed by atoms with Gasteiger partial charge in [0.15, 0.2) is 0 Å². The number of nitrogens with one attached hydrogen (secondary N) is 1.